The van der Waals surface area contributed by atoms with Crippen molar-refractivity contribution in [3.63, 3.8) is 0 Å². The smallest absolute Gasteiger partial charge is 0.261 e. The van der Waals surface area contributed by atoms with E-state index >= 15 is 0 Å². The molecule has 148 valence electrons. The molecule has 0 radical (unpaired) electrons. The molecule has 0 fully saturated rings. The topological polar surface area (TPSA) is 49.9 Å². The molecule has 0 saturated carbocycles. The number of hydrogen-bond acceptors (Lipinski definition) is 5. The summed E-state index contributed by atoms with van der Waals surface area (Å²) >= 11 is 1.47. The maximum Gasteiger partial charge on any atom is 0.261 e. The number of amides is 2. The number of carbonyl (C=O) groups is 2. The summed E-state index contributed by atoms with van der Waals surface area (Å²) in [5, 5.41) is 0. The summed E-state index contributed by atoms with van der Waals surface area (Å²) in [6.07, 6.45) is 2.94. The second-order valence-electron chi connectivity index (χ2n) is 7.29. The molecule has 0 N–H and O–H groups in total. The Morgan fingerprint density at radius 1 is 0.966 bits per heavy atom. The zero-order valence-electron chi connectivity index (χ0n) is 15.7. The molecule has 5 nitrogen and oxygen atoms in total. The predicted octanol–water partition coefficient (Wildman–Crippen LogP) is 4.57. The molecule has 7 heteroatoms. The number of fused-ring (bicyclic) bond motifs is 1. The fourth-order valence-corrected chi connectivity index (χ4v) is 4.90. The molecular weight excluding hydrogens is 391 g/mol. The second kappa shape index (κ2) is 7.22. The first-order chi connectivity index (χ1) is 14.1. The molecule has 0 bridgehead atoms. The van der Waals surface area contributed by atoms with Crippen molar-refractivity contribution in [2.45, 2.75) is 32.2 Å². The molecule has 2 aromatic rings. The van der Waals surface area contributed by atoms with Crippen molar-refractivity contribution in [3.05, 3.63) is 65.0 Å². The summed E-state index contributed by atoms with van der Waals surface area (Å²) in [7, 11) is 0. The van der Waals surface area contributed by atoms with Gasteiger partial charge in [-0.2, -0.15) is 0 Å². The lowest BCUT2D eigenvalue weighted by molar-refractivity contribution is -0.120. The Labute approximate surface area is 172 Å². The zero-order chi connectivity index (χ0) is 20.0. The number of imide groups is 1. The van der Waals surface area contributed by atoms with Crippen LogP contribution in [-0.2, 0) is 16.1 Å². The average Bonchev–Trinajstić information content (AvgIpc) is 2.99. The average molecular weight is 410 g/mol. The number of anilines is 2. The first-order valence-electron chi connectivity index (χ1n) is 9.65. The Morgan fingerprint density at radius 2 is 1.66 bits per heavy atom. The van der Waals surface area contributed by atoms with E-state index in [2.05, 4.69) is 0 Å². The highest BCUT2D eigenvalue weighted by molar-refractivity contribution is 8.00. The van der Waals surface area contributed by atoms with E-state index in [-0.39, 0.29) is 17.5 Å². The van der Waals surface area contributed by atoms with Crippen LogP contribution in [0.4, 0.5) is 15.8 Å². The minimum Gasteiger partial charge on any atom is -0.479 e. The van der Waals surface area contributed by atoms with Gasteiger partial charge in [-0.3, -0.25) is 9.59 Å². The molecule has 29 heavy (non-hydrogen) atoms. The highest BCUT2D eigenvalue weighted by Crippen LogP contribution is 2.44. The summed E-state index contributed by atoms with van der Waals surface area (Å²) < 4.78 is 22.6. The number of benzene rings is 2. The number of rotatable bonds is 3. The van der Waals surface area contributed by atoms with Crippen LogP contribution in [-0.4, -0.2) is 17.8 Å². The molecule has 1 aliphatic carbocycles. The molecule has 2 aromatic carbocycles. The molecule has 2 aliphatic heterocycles. The van der Waals surface area contributed by atoms with Gasteiger partial charge in [0, 0.05) is 17.2 Å². The summed E-state index contributed by atoms with van der Waals surface area (Å²) in [6.45, 7) is 0.601. The molecule has 0 saturated heterocycles. The van der Waals surface area contributed by atoms with Crippen molar-refractivity contribution in [2.75, 3.05) is 15.1 Å². The zero-order valence-corrected chi connectivity index (χ0v) is 16.5. The van der Waals surface area contributed by atoms with Gasteiger partial charge >= 0.3 is 0 Å². The minimum absolute atomic E-state index is 0.00249. The van der Waals surface area contributed by atoms with Gasteiger partial charge in [-0.1, -0.05) is 30.3 Å². The number of halogens is 1. The largest absolute Gasteiger partial charge is 0.479 e. The maximum absolute atomic E-state index is 14.9. The molecule has 0 spiro atoms. The number of nitrogens with zero attached hydrogens (tertiary/aromatic N) is 2. The van der Waals surface area contributed by atoms with Gasteiger partial charge in [0.25, 0.3) is 11.8 Å². The van der Waals surface area contributed by atoms with Crippen molar-refractivity contribution >= 4 is 35.1 Å². The Morgan fingerprint density at radius 3 is 2.34 bits per heavy atom. The quantitative estimate of drug-likeness (QED) is 0.548. The van der Waals surface area contributed by atoms with E-state index in [0.29, 0.717) is 47.9 Å². The molecule has 0 aromatic heterocycles. The maximum atomic E-state index is 14.9. The van der Waals surface area contributed by atoms with Crippen molar-refractivity contribution < 1.29 is 18.7 Å². The highest BCUT2D eigenvalue weighted by atomic mass is 32.2. The van der Waals surface area contributed by atoms with Gasteiger partial charge in [-0.05, 0) is 49.3 Å². The monoisotopic (exact) mass is 410 g/mol. The predicted molar refractivity (Wildman–Crippen MR) is 110 cm³/mol. The van der Waals surface area contributed by atoms with E-state index in [0.717, 1.165) is 23.3 Å². The van der Waals surface area contributed by atoms with Gasteiger partial charge in [-0.25, -0.2) is 9.29 Å². The summed E-state index contributed by atoms with van der Waals surface area (Å²) in [4.78, 5) is 26.8. The van der Waals surface area contributed by atoms with E-state index < -0.39 is 5.82 Å². The Bertz CT molecular complexity index is 1010. The van der Waals surface area contributed by atoms with E-state index in [9.17, 15) is 14.0 Å². The lowest BCUT2D eigenvalue weighted by atomic mass is 9.93. The molecular formula is C22H19FN2O3S. The third-order valence-electron chi connectivity index (χ3n) is 5.52. The van der Waals surface area contributed by atoms with Gasteiger partial charge in [0.2, 0.25) is 0 Å². The van der Waals surface area contributed by atoms with Crippen LogP contribution in [0.15, 0.2) is 53.6 Å². The standard InChI is InChI=1S/C22H19FN2O3S/c23-17-10-20-19(24(29-13-28-20)12-14-6-2-1-3-7-14)11-18(17)25-21(26)15-8-4-5-9-16(15)22(25)27/h1-3,6-7,10-11H,4-5,8-9,12-13H2. The number of hydrogen-bond donors (Lipinski definition) is 0. The summed E-state index contributed by atoms with van der Waals surface area (Å²) in [6, 6.07) is 12.8. The number of ether oxygens (including phenoxy) is 1. The molecule has 3 aliphatic rings. The van der Waals surface area contributed by atoms with E-state index in [1.54, 1.807) is 6.07 Å². The Hall–Kier alpha value is -2.80. The van der Waals surface area contributed by atoms with E-state index in [4.69, 9.17) is 4.74 Å². The molecule has 0 atom stereocenters. The highest BCUT2D eigenvalue weighted by Gasteiger charge is 2.41. The van der Waals surface area contributed by atoms with Crippen LogP contribution >= 0.6 is 11.9 Å². The minimum atomic E-state index is -0.628. The molecule has 2 heterocycles. The van der Waals surface area contributed by atoms with Crippen LogP contribution in [0, 0.1) is 5.82 Å². The third-order valence-corrected chi connectivity index (χ3v) is 6.38. The summed E-state index contributed by atoms with van der Waals surface area (Å²) in [5.74, 6) is -0.615. The molecule has 0 unspecified atom stereocenters. The van der Waals surface area contributed by atoms with Crippen molar-refractivity contribution in [2.24, 2.45) is 0 Å². The van der Waals surface area contributed by atoms with Gasteiger partial charge in [-0.15, -0.1) is 0 Å². The first kappa shape index (κ1) is 18.2. The molecule has 2 amide bonds. The van der Waals surface area contributed by atoms with Crippen molar-refractivity contribution in [3.8, 4) is 5.75 Å². The van der Waals surface area contributed by atoms with Crippen molar-refractivity contribution in [1.29, 1.82) is 0 Å². The first-order valence-corrected chi connectivity index (χ1v) is 10.6. The lowest BCUT2D eigenvalue weighted by Crippen LogP contribution is -2.33. The normalized spacial score (nSPS) is 18.7. The second-order valence-corrected chi connectivity index (χ2v) is 8.23. The van der Waals surface area contributed by atoms with Crippen molar-refractivity contribution in [1.82, 2.24) is 0 Å². The SMILES string of the molecule is O=C1C2=C(CCCC2)C(=O)N1c1cc2c(cc1F)OCSN2Cc1ccccc1. The fraction of sp³-hybridized carbons (Fsp3) is 0.273. The lowest BCUT2D eigenvalue weighted by Gasteiger charge is -2.31. The van der Waals surface area contributed by atoms with Gasteiger partial charge in [0.1, 0.15) is 5.75 Å². The van der Waals surface area contributed by atoms with Crippen LogP contribution < -0.4 is 13.9 Å². The van der Waals surface area contributed by atoms with Gasteiger partial charge < -0.3 is 9.04 Å². The van der Waals surface area contributed by atoms with Gasteiger partial charge in [0.15, 0.2) is 11.8 Å². The van der Waals surface area contributed by atoms with E-state index in [1.807, 2.05) is 34.6 Å². The van der Waals surface area contributed by atoms with Crippen LogP contribution in [0.1, 0.15) is 31.2 Å². The van der Waals surface area contributed by atoms with Crippen LogP contribution in [0.5, 0.6) is 5.75 Å². The fourth-order valence-electron chi connectivity index (χ4n) is 4.08. The van der Waals surface area contributed by atoms with Crippen LogP contribution in [0.2, 0.25) is 0 Å². The number of carbonyl (C=O) groups excluding carboxylic acids is 2. The molecule has 5 rings (SSSR count). The summed E-state index contributed by atoms with van der Waals surface area (Å²) in [5.41, 5.74) is 2.85. The van der Waals surface area contributed by atoms with Crippen LogP contribution in [0.25, 0.3) is 0 Å². The third kappa shape index (κ3) is 3.09. The van der Waals surface area contributed by atoms with E-state index in [1.165, 1.54) is 18.0 Å². The van der Waals surface area contributed by atoms with Crippen LogP contribution in [0.3, 0.4) is 0 Å². The Balaban J connectivity index is 1.52. The Kier molecular flexibility index (Phi) is 4.54. The van der Waals surface area contributed by atoms with Gasteiger partial charge in [0.05, 0.1) is 17.9 Å².